The summed E-state index contributed by atoms with van der Waals surface area (Å²) in [6.07, 6.45) is -5.01. The highest BCUT2D eigenvalue weighted by Crippen LogP contribution is 2.27. The van der Waals surface area contributed by atoms with Gasteiger partial charge in [0, 0.05) is 12.1 Å². The van der Waals surface area contributed by atoms with Crippen LogP contribution in [0.15, 0.2) is 47.4 Å². The van der Waals surface area contributed by atoms with E-state index in [1.54, 1.807) is 0 Å². The van der Waals surface area contributed by atoms with Crippen molar-refractivity contribution in [3.05, 3.63) is 58.4 Å². The summed E-state index contributed by atoms with van der Waals surface area (Å²) in [6, 6.07) is 5.77. The minimum absolute atomic E-state index is 0.338. The molecule has 2 aromatic carbocycles. The van der Waals surface area contributed by atoms with Crippen LogP contribution in [0.3, 0.4) is 0 Å². The number of halogens is 4. The van der Waals surface area contributed by atoms with Crippen molar-refractivity contribution in [3.63, 3.8) is 0 Å². The fourth-order valence-electron chi connectivity index (χ4n) is 1.77. The fourth-order valence-corrected chi connectivity index (χ4v) is 2.85. The molecule has 0 aliphatic rings. The van der Waals surface area contributed by atoms with E-state index in [0.717, 1.165) is 24.3 Å². The summed E-state index contributed by atoms with van der Waals surface area (Å²) in [6.45, 7) is 0. The molecule has 0 radical (unpaired) electrons. The quantitative estimate of drug-likeness (QED) is 0.487. The lowest BCUT2D eigenvalue weighted by molar-refractivity contribution is -0.387. The summed E-state index contributed by atoms with van der Waals surface area (Å²) >= 11 is 0. The van der Waals surface area contributed by atoms with Crippen LogP contribution in [-0.4, -0.2) is 19.7 Å². The van der Waals surface area contributed by atoms with Crippen molar-refractivity contribution < 1.29 is 35.6 Å². The Morgan fingerprint density at radius 2 is 1.80 bits per heavy atom. The van der Waals surface area contributed by atoms with Crippen molar-refractivity contribution in [3.8, 4) is 5.75 Å². The molecule has 2 rings (SSSR count). The second-order valence-corrected chi connectivity index (χ2v) is 6.23. The Hall–Kier alpha value is -2.89. The molecule has 2 aromatic rings. The van der Waals surface area contributed by atoms with Gasteiger partial charge in [-0.3, -0.25) is 14.8 Å². The molecular formula is C13H8F4N2O5S. The van der Waals surface area contributed by atoms with E-state index in [-0.39, 0.29) is 5.69 Å². The molecule has 0 saturated carbocycles. The van der Waals surface area contributed by atoms with Gasteiger partial charge in [0.15, 0.2) is 0 Å². The summed E-state index contributed by atoms with van der Waals surface area (Å²) in [5.41, 5.74) is -1.30. The van der Waals surface area contributed by atoms with Gasteiger partial charge in [0.2, 0.25) is 5.82 Å². The molecule has 1 N–H and O–H groups in total. The smallest absolute Gasteiger partial charge is 0.406 e. The average molecular weight is 380 g/mol. The molecule has 0 bridgehead atoms. The topological polar surface area (TPSA) is 98.5 Å². The molecular weight excluding hydrogens is 372 g/mol. The van der Waals surface area contributed by atoms with Crippen molar-refractivity contribution in [2.75, 3.05) is 4.72 Å². The maximum Gasteiger partial charge on any atom is 0.573 e. The minimum Gasteiger partial charge on any atom is -0.406 e. The summed E-state index contributed by atoms with van der Waals surface area (Å²) in [4.78, 5) is 9.02. The summed E-state index contributed by atoms with van der Waals surface area (Å²) < 4.78 is 79.7. The largest absolute Gasteiger partial charge is 0.573 e. The predicted molar refractivity (Wildman–Crippen MR) is 77.0 cm³/mol. The number of benzene rings is 2. The van der Waals surface area contributed by atoms with Crippen molar-refractivity contribution in [2.24, 2.45) is 0 Å². The number of anilines is 1. The van der Waals surface area contributed by atoms with Crippen molar-refractivity contribution in [1.82, 2.24) is 0 Å². The number of nitrogens with one attached hydrogen (secondary N) is 1. The second kappa shape index (κ2) is 6.55. The van der Waals surface area contributed by atoms with Crippen LogP contribution in [0.5, 0.6) is 5.75 Å². The van der Waals surface area contributed by atoms with Crippen LogP contribution in [-0.2, 0) is 10.0 Å². The third-order valence-corrected chi connectivity index (χ3v) is 4.12. The van der Waals surface area contributed by atoms with Crippen molar-refractivity contribution in [1.29, 1.82) is 0 Å². The predicted octanol–water partition coefficient (Wildman–Crippen LogP) is 3.43. The van der Waals surface area contributed by atoms with E-state index in [9.17, 15) is 36.1 Å². The number of sulfonamides is 1. The molecule has 0 saturated heterocycles. The lowest BCUT2D eigenvalue weighted by Crippen LogP contribution is -2.18. The first-order valence-electron chi connectivity index (χ1n) is 6.30. The number of hydrogen-bond donors (Lipinski definition) is 1. The molecule has 7 nitrogen and oxygen atoms in total. The van der Waals surface area contributed by atoms with Crippen molar-refractivity contribution in [2.45, 2.75) is 11.3 Å². The van der Waals surface area contributed by atoms with E-state index >= 15 is 0 Å². The maximum atomic E-state index is 13.2. The van der Waals surface area contributed by atoms with Crippen LogP contribution >= 0.6 is 0 Å². The van der Waals surface area contributed by atoms with Gasteiger partial charge < -0.3 is 4.74 Å². The highest BCUT2D eigenvalue weighted by molar-refractivity contribution is 7.92. The van der Waals surface area contributed by atoms with E-state index < -0.39 is 43.5 Å². The van der Waals surface area contributed by atoms with Gasteiger partial charge in [-0.05, 0) is 24.3 Å². The number of hydrogen-bond acceptors (Lipinski definition) is 5. The first kappa shape index (κ1) is 18.4. The summed E-state index contributed by atoms with van der Waals surface area (Å²) in [5.74, 6) is -1.94. The normalized spacial score (nSPS) is 11.8. The average Bonchev–Trinajstić information content (AvgIpc) is 2.47. The van der Waals surface area contributed by atoms with E-state index in [4.69, 9.17) is 0 Å². The Kier molecular flexibility index (Phi) is 4.83. The monoisotopic (exact) mass is 380 g/mol. The first-order chi connectivity index (χ1) is 11.5. The molecule has 0 aliphatic carbocycles. The van der Waals surface area contributed by atoms with E-state index in [1.165, 1.54) is 0 Å². The Morgan fingerprint density at radius 1 is 1.12 bits per heavy atom. The number of alkyl halides is 3. The number of nitro groups is 1. The van der Waals surface area contributed by atoms with Gasteiger partial charge in [0.05, 0.1) is 15.5 Å². The fraction of sp³-hybridized carbons (Fsp3) is 0.0769. The van der Waals surface area contributed by atoms with Gasteiger partial charge in [-0.1, -0.05) is 6.07 Å². The molecule has 0 aromatic heterocycles. The SMILES string of the molecule is O=[N+]([O-])c1cc(NS(=O)(=O)c2cccc(OC(F)(F)F)c2)ccc1F. The third-order valence-electron chi connectivity index (χ3n) is 2.74. The van der Waals surface area contributed by atoms with Crippen molar-refractivity contribution >= 4 is 21.4 Å². The van der Waals surface area contributed by atoms with Crippen LogP contribution < -0.4 is 9.46 Å². The van der Waals surface area contributed by atoms with Crippen LogP contribution in [0, 0.1) is 15.9 Å². The highest BCUT2D eigenvalue weighted by atomic mass is 32.2. The van der Waals surface area contributed by atoms with Gasteiger partial charge in [0.25, 0.3) is 10.0 Å². The zero-order valence-electron chi connectivity index (χ0n) is 12.0. The molecule has 12 heteroatoms. The van der Waals surface area contributed by atoms with Gasteiger partial charge in [-0.15, -0.1) is 13.2 Å². The van der Waals surface area contributed by atoms with Gasteiger partial charge in [-0.25, -0.2) is 8.42 Å². The Labute approximate surface area is 138 Å². The van der Waals surface area contributed by atoms with E-state index in [2.05, 4.69) is 4.74 Å². The molecule has 0 heterocycles. The maximum absolute atomic E-state index is 13.2. The summed E-state index contributed by atoms with van der Waals surface area (Å²) in [5, 5.41) is 10.7. The van der Waals surface area contributed by atoms with E-state index in [0.29, 0.717) is 18.2 Å². The van der Waals surface area contributed by atoms with Crippen LogP contribution in [0.4, 0.5) is 28.9 Å². The minimum atomic E-state index is -5.01. The second-order valence-electron chi connectivity index (χ2n) is 4.55. The highest BCUT2D eigenvalue weighted by Gasteiger charge is 2.31. The number of nitro benzene ring substituents is 1. The Morgan fingerprint density at radius 3 is 2.40 bits per heavy atom. The molecule has 0 fully saturated rings. The first-order valence-corrected chi connectivity index (χ1v) is 7.79. The van der Waals surface area contributed by atoms with Gasteiger partial charge >= 0.3 is 12.0 Å². The van der Waals surface area contributed by atoms with Gasteiger partial charge in [-0.2, -0.15) is 4.39 Å². The number of nitrogens with zero attached hydrogens (tertiary/aromatic N) is 1. The molecule has 25 heavy (non-hydrogen) atoms. The molecule has 0 amide bonds. The lowest BCUT2D eigenvalue weighted by Gasteiger charge is -2.11. The Balaban J connectivity index is 2.32. The molecule has 0 aliphatic heterocycles. The van der Waals surface area contributed by atoms with Crippen LogP contribution in [0.1, 0.15) is 0 Å². The van der Waals surface area contributed by atoms with Gasteiger partial charge in [0.1, 0.15) is 5.75 Å². The molecule has 0 spiro atoms. The van der Waals surface area contributed by atoms with Crippen LogP contribution in [0.2, 0.25) is 0 Å². The van der Waals surface area contributed by atoms with Crippen LogP contribution in [0.25, 0.3) is 0 Å². The third kappa shape index (κ3) is 4.79. The number of rotatable bonds is 5. The molecule has 134 valence electrons. The summed E-state index contributed by atoms with van der Waals surface area (Å²) in [7, 11) is -4.39. The lowest BCUT2D eigenvalue weighted by atomic mass is 10.3. The number of ether oxygens (including phenoxy) is 1. The zero-order chi connectivity index (χ0) is 18.8. The molecule has 0 atom stereocenters. The molecule has 0 unspecified atom stereocenters. The Bertz CT molecular complexity index is 915. The standard InChI is InChI=1S/C13H8F4N2O5S/c14-11-5-4-8(6-12(11)19(20)21)18-25(22,23)10-3-1-2-9(7-10)24-13(15,16)17/h1-7,18H. The zero-order valence-corrected chi connectivity index (χ0v) is 12.8. The van der Waals surface area contributed by atoms with E-state index in [1.807, 2.05) is 4.72 Å².